The van der Waals surface area contributed by atoms with E-state index in [-0.39, 0.29) is 23.9 Å². The van der Waals surface area contributed by atoms with Gasteiger partial charge in [0.2, 0.25) is 5.91 Å². The van der Waals surface area contributed by atoms with Crippen LogP contribution in [0, 0.1) is 0 Å². The molecular formula is C27H25N3O4. The molecule has 7 heteroatoms. The zero-order chi connectivity index (χ0) is 23.7. The number of carbonyl (C=O) groups excluding carboxylic acids is 1. The van der Waals surface area contributed by atoms with Crippen LogP contribution in [0.25, 0.3) is 10.8 Å². The Morgan fingerprint density at radius 2 is 1.68 bits per heavy atom. The molecule has 4 aromatic rings. The normalized spacial score (nSPS) is 15.1. The molecular weight excluding hydrogens is 430 g/mol. The molecule has 0 bridgehead atoms. The van der Waals surface area contributed by atoms with Crippen LogP contribution in [0.4, 0.5) is 0 Å². The van der Waals surface area contributed by atoms with Gasteiger partial charge in [0.25, 0.3) is 5.56 Å². The summed E-state index contributed by atoms with van der Waals surface area (Å²) in [5.41, 5.74) is 3.46. The number of ether oxygens (including phenoxy) is 2. The Balaban J connectivity index is 1.57. The molecule has 1 aliphatic heterocycles. The zero-order valence-corrected chi connectivity index (χ0v) is 19.1. The standard InChI is InChI=1S/C27H25N3O4/c1-33-23-14-18-12-13-30(26(17-8-4-3-5-9-17)21(18)15-24(23)34-2)25(31)16-22-19-10-6-7-11-20(19)27(32)29-28-22/h3-11,14-15,26H,12-13,16H2,1-2H3,(H,29,32)/t26-/m1/s1. The van der Waals surface area contributed by atoms with Crippen LogP contribution < -0.4 is 15.0 Å². The highest BCUT2D eigenvalue weighted by Crippen LogP contribution is 2.41. The topological polar surface area (TPSA) is 84.5 Å². The van der Waals surface area contributed by atoms with E-state index in [0.29, 0.717) is 40.9 Å². The second kappa shape index (κ2) is 9.02. The number of hydrogen-bond donors (Lipinski definition) is 1. The molecule has 7 nitrogen and oxygen atoms in total. The van der Waals surface area contributed by atoms with E-state index in [0.717, 1.165) is 16.7 Å². The number of benzene rings is 3. The SMILES string of the molecule is COc1cc2c(cc1OC)[C@@H](c1ccccc1)N(C(=O)Cc1n[nH]c(=O)c3ccccc13)CC2. The predicted octanol–water partition coefficient (Wildman–Crippen LogP) is 3.66. The fourth-order valence-corrected chi connectivity index (χ4v) is 4.76. The van der Waals surface area contributed by atoms with Crippen LogP contribution in [0.3, 0.4) is 0 Å². The smallest absolute Gasteiger partial charge is 0.272 e. The molecule has 1 N–H and O–H groups in total. The monoisotopic (exact) mass is 455 g/mol. The average Bonchev–Trinajstić information content (AvgIpc) is 2.89. The van der Waals surface area contributed by atoms with Crippen molar-refractivity contribution in [1.82, 2.24) is 15.1 Å². The second-order valence-corrected chi connectivity index (χ2v) is 8.28. The lowest BCUT2D eigenvalue weighted by Gasteiger charge is -2.38. The number of carbonyl (C=O) groups is 1. The molecule has 1 atom stereocenters. The maximum Gasteiger partial charge on any atom is 0.272 e. The van der Waals surface area contributed by atoms with E-state index in [1.165, 1.54) is 0 Å². The fourth-order valence-electron chi connectivity index (χ4n) is 4.76. The van der Waals surface area contributed by atoms with Gasteiger partial charge < -0.3 is 14.4 Å². The Morgan fingerprint density at radius 1 is 1.00 bits per heavy atom. The Bertz CT molecular complexity index is 1410. The predicted molar refractivity (Wildman–Crippen MR) is 129 cm³/mol. The van der Waals surface area contributed by atoms with Crippen molar-refractivity contribution >= 4 is 16.7 Å². The van der Waals surface area contributed by atoms with Gasteiger partial charge in [-0.2, -0.15) is 5.10 Å². The lowest BCUT2D eigenvalue weighted by atomic mass is 9.87. The maximum atomic E-state index is 13.7. The summed E-state index contributed by atoms with van der Waals surface area (Å²) in [6.45, 7) is 0.558. The molecule has 2 heterocycles. The van der Waals surface area contributed by atoms with Crippen molar-refractivity contribution in [3.63, 3.8) is 0 Å². The summed E-state index contributed by atoms with van der Waals surface area (Å²) in [5, 5.41) is 7.97. The van der Waals surface area contributed by atoms with E-state index in [2.05, 4.69) is 10.2 Å². The zero-order valence-electron chi connectivity index (χ0n) is 19.1. The van der Waals surface area contributed by atoms with Gasteiger partial charge in [0, 0.05) is 11.9 Å². The molecule has 5 rings (SSSR count). The molecule has 0 spiro atoms. The summed E-state index contributed by atoms with van der Waals surface area (Å²) in [4.78, 5) is 27.8. The molecule has 172 valence electrons. The largest absolute Gasteiger partial charge is 0.493 e. The second-order valence-electron chi connectivity index (χ2n) is 8.28. The van der Waals surface area contributed by atoms with Crippen LogP contribution in [-0.2, 0) is 17.6 Å². The molecule has 0 saturated carbocycles. The van der Waals surface area contributed by atoms with Gasteiger partial charge in [0.05, 0.1) is 37.8 Å². The number of H-pyrrole nitrogens is 1. The minimum atomic E-state index is -0.272. The summed E-state index contributed by atoms with van der Waals surface area (Å²) >= 11 is 0. The number of amides is 1. The highest BCUT2D eigenvalue weighted by atomic mass is 16.5. The van der Waals surface area contributed by atoms with E-state index >= 15 is 0 Å². The molecule has 0 fully saturated rings. The van der Waals surface area contributed by atoms with Crippen LogP contribution in [0.5, 0.6) is 11.5 Å². The highest BCUT2D eigenvalue weighted by molar-refractivity contribution is 5.88. The van der Waals surface area contributed by atoms with Crippen molar-refractivity contribution in [2.45, 2.75) is 18.9 Å². The van der Waals surface area contributed by atoms with Crippen LogP contribution >= 0.6 is 0 Å². The minimum Gasteiger partial charge on any atom is -0.493 e. The van der Waals surface area contributed by atoms with Crippen LogP contribution in [0.2, 0.25) is 0 Å². The Hall–Kier alpha value is -4.13. The number of nitrogens with zero attached hydrogens (tertiary/aromatic N) is 2. The van der Waals surface area contributed by atoms with Crippen LogP contribution in [0.15, 0.2) is 71.5 Å². The van der Waals surface area contributed by atoms with Crippen molar-refractivity contribution in [1.29, 1.82) is 0 Å². The third-order valence-corrected chi connectivity index (χ3v) is 6.40. The van der Waals surface area contributed by atoms with Gasteiger partial charge in [-0.3, -0.25) is 9.59 Å². The van der Waals surface area contributed by atoms with Gasteiger partial charge >= 0.3 is 0 Å². The quantitative estimate of drug-likeness (QED) is 0.497. The summed E-state index contributed by atoms with van der Waals surface area (Å²) < 4.78 is 11.1. The lowest BCUT2D eigenvalue weighted by molar-refractivity contribution is -0.132. The lowest BCUT2D eigenvalue weighted by Crippen LogP contribution is -2.41. The van der Waals surface area contributed by atoms with Gasteiger partial charge in [-0.05, 0) is 41.3 Å². The third kappa shape index (κ3) is 3.79. The molecule has 0 saturated heterocycles. The minimum absolute atomic E-state index is 0.0565. The van der Waals surface area contributed by atoms with E-state index < -0.39 is 0 Å². The van der Waals surface area contributed by atoms with Crippen LogP contribution in [0.1, 0.15) is 28.4 Å². The van der Waals surface area contributed by atoms with Gasteiger partial charge in [-0.1, -0.05) is 48.5 Å². The Kier molecular flexibility index (Phi) is 5.76. The first-order valence-corrected chi connectivity index (χ1v) is 11.2. The molecule has 3 aromatic carbocycles. The van der Waals surface area contributed by atoms with Crippen molar-refractivity contribution in [3.8, 4) is 11.5 Å². The molecule has 1 aliphatic rings. The number of rotatable bonds is 5. The van der Waals surface area contributed by atoms with Gasteiger partial charge in [0.15, 0.2) is 11.5 Å². The van der Waals surface area contributed by atoms with Gasteiger partial charge in [0.1, 0.15) is 0 Å². The first-order valence-electron chi connectivity index (χ1n) is 11.2. The first-order chi connectivity index (χ1) is 16.6. The van der Waals surface area contributed by atoms with E-state index in [1.54, 1.807) is 26.4 Å². The number of aromatic nitrogens is 2. The molecule has 1 aromatic heterocycles. The number of fused-ring (bicyclic) bond motifs is 2. The first kappa shape index (κ1) is 21.7. The molecule has 1 amide bonds. The number of nitrogens with one attached hydrogen (secondary N) is 1. The molecule has 0 radical (unpaired) electrons. The molecule has 34 heavy (non-hydrogen) atoms. The van der Waals surface area contributed by atoms with Crippen molar-refractivity contribution in [2.75, 3.05) is 20.8 Å². The fraction of sp³-hybridized carbons (Fsp3) is 0.222. The summed E-state index contributed by atoms with van der Waals surface area (Å²) in [6.07, 6.45) is 0.786. The molecule has 0 unspecified atom stereocenters. The Labute approximate surface area is 196 Å². The summed E-state index contributed by atoms with van der Waals surface area (Å²) in [5.74, 6) is 1.25. The number of aromatic amines is 1. The van der Waals surface area contributed by atoms with Crippen molar-refractivity contribution in [3.05, 3.63) is 99.5 Å². The Morgan fingerprint density at radius 3 is 2.41 bits per heavy atom. The highest BCUT2D eigenvalue weighted by Gasteiger charge is 2.33. The number of methoxy groups -OCH3 is 2. The third-order valence-electron chi connectivity index (χ3n) is 6.40. The van der Waals surface area contributed by atoms with Crippen molar-refractivity contribution < 1.29 is 14.3 Å². The number of hydrogen-bond acceptors (Lipinski definition) is 5. The van der Waals surface area contributed by atoms with E-state index in [4.69, 9.17) is 9.47 Å². The van der Waals surface area contributed by atoms with Gasteiger partial charge in [-0.25, -0.2) is 5.10 Å². The summed E-state index contributed by atoms with van der Waals surface area (Å²) in [6, 6.07) is 20.9. The molecule has 0 aliphatic carbocycles. The average molecular weight is 456 g/mol. The van der Waals surface area contributed by atoms with E-state index in [9.17, 15) is 9.59 Å². The van der Waals surface area contributed by atoms with Crippen LogP contribution in [-0.4, -0.2) is 41.8 Å². The van der Waals surface area contributed by atoms with E-state index in [1.807, 2.05) is 59.5 Å². The maximum absolute atomic E-state index is 13.7. The van der Waals surface area contributed by atoms with Gasteiger partial charge in [-0.15, -0.1) is 0 Å². The summed E-state index contributed by atoms with van der Waals surface area (Å²) in [7, 11) is 3.24. The van der Waals surface area contributed by atoms with Crippen molar-refractivity contribution in [2.24, 2.45) is 0 Å².